The summed E-state index contributed by atoms with van der Waals surface area (Å²) in [5, 5.41) is 29.3. The molecule has 2 aromatic heterocycles. The van der Waals surface area contributed by atoms with Gasteiger partial charge in [-0.25, -0.2) is 0 Å². The molecule has 356 valence electrons. The Morgan fingerprint density at radius 2 is 1.44 bits per heavy atom. The lowest BCUT2D eigenvalue weighted by molar-refractivity contribution is -0.136. The lowest BCUT2D eigenvalue weighted by atomic mass is 10.0. The van der Waals surface area contributed by atoms with Crippen LogP contribution >= 0.6 is 0 Å². The Labute approximate surface area is 395 Å². The van der Waals surface area contributed by atoms with Crippen molar-refractivity contribution in [3.63, 3.8) is 0 Å². The number of aromatic hydroxyl groups is 1. The number of nitrogens with zero attached hydrogens (tertiary/aromatic N) is 9. The predicted molar refractivity (Wildman–Crippen MR) is 254 cm³/mol. The number of nitrogens with two attached hydrogens (primary N) is 1. The molecule has 0 spiro atoms. The van der Waals surface area contributed by atoms with E-state index in [1.54, 1.807) is 41.1 Å². The van der Waals surface area contributed by atoms with E-state index in [-0.39, 0.29) is 54.0 Å². The SMILES string of the molecule is Nc1nnc(-c2ccccc2O)cc1OC1CCCN(c2ccc(N3CCN(CCCCCCCCCn4cc(COc5cccc6c5C(=O)N(C5CCC(=O)NC5=O)C6=O)nn4)CC3)cc2)C1. The first-order valence-electron chi connectivity index (χ1n) is 24.0. The molecular formula is C50H59N11O7. The van der Waals surface area contributed by atoms with Crippen LogP contribution in [0.4, 0.5) is 17.2 Å². The van der Waals surface area contributed by atoms with Crippen molar-refractivity contribution in [3.8, 4) is 28.5 Å². The second-order valence-electron chi connectivity index (χ2n) is 18.0. The Bertz CT molecular complexity index is 2600. The highest BCUT2D eigenvalue weighted by Gasteiger charge is 2.46. The van der Waals surface area contributed by atoms with E-state index in [0.717, 1.165) is 82.9 Å². The van der Waals surface area contributed by atoms with Gasteiger partial charge in [0.1, 0.15) is 41.6 Å². The van der Waals surface area contributed by atoms with Crippen LogP contribution in [-0.2, 0) is 22.7 Å². The van der Waals surface area contributed by atoms with Crippen LogP contribution in [0.5, 0.6) is 17.2 Å². The Morgan fingerprint density at radius 3 is 2.21 bits per heavy atom. The number of phenolic OH excluding ortho intramolecular Hbond substituents is 1. The van der Waals surface area contributed by atoms with Crippen molar-refractivity contribution in [3.05, 3.63) is 95.8 Å². The molecule has 18 nitrogen and oxygen atoms in total. The summed E-state index contributed by atoms with van der Waals surface area (Å²) in [6.07, 6.45) is 12.0. The van der Waals surface area contributed by atoms with Gasteiger partial charge in [0, 0.05) is 68.7 Å². The van der Waals surface area contributed by atoms with E-state index in [0.29, 0.717) is 22.7 Å². The third-order valence-electron chi connectivity index (χ3n) is 13.3. The van der Waals surface area contributed by atoms with E-state index >= 15 is 0 Å². The fraction of sp³-hybridized carbons (Fsp3) is 0.440. The number of unbranched alkanes of at least 4 members (excludes halogenated alkanes) is 6. The van der Waals surface area contributed by atoms with Gasteiger partial charge < -0.3 is 30.1 Å². The van der Waals surface area contributed by atoms with Gasteiger partial charge in [-0.2, -0.15) is 0 Å². The Balaban J connectivity index is 0.627. The van der Waals surface area contributed by atoms with Crippen molar-refractivity contribution in [2.24, 2.45) is 0 Å². The lowest BCUT2D eigenvalue weighted by Crippen LogP contribution is -2.54. The van der Waals surface area contributed by atoms with E-state index in [9.17, 15) is 24.3 Å². The van der Waals surface area contributed by atoms with Gasteiger partial charge >= 0.3 is 0 Å². The Morgan fingerprint density at radius 1 is 0.721 bits per heavy atom. The largest absolute Gasteiger partial charge is 0.507 e. The third kappa shape index (κ3) is 10.7. The molecule has 0 saturated carbocycles. The van der Waals surface area contributed by atoms with E-state index in [4.69, 9.17) is 15.2 Å². The van der Waals surface area contributed by atoms with Gasteiger partial charge in [0.15, 0.2) is 11.6 Å². The van der Waals surface area contributed by atoms with Crippen LogP contribution in [0.1, 0.15) is 97.0 Å². The minimum Gasteiger partial charge on any atom is -0.507 e. The van der Waals surface area contributed by atoms with Crippen LogP contribution in [-0.4, -0.2) is 122 Å². The third-order valence-corrected chi connectivity index (χ3v) is 13.3. The standard InChI is InChI=1S/C50H59N11O7/c51-47-44(30-40(54-55-47)38-13-6-7-15-42(38)62)68-37-12-11-24-59(32-37)36-19-17-35(18-20-36)58-28-26-57(27-29-58)23-8-4-2-1-3-5-9-25-60-31-34(53-56-60)33-67-43-16-10-14-39-46(43)50(66)61(49(39)65)41-21-22-45(63)52-48(41)64/h6-7,10,13-20,30-31,37,41,62H,1-5,8-9,11-12,21-29,32-33H2,(H2,51,55)(H,52,63,64). The summed E-state index contributed by atoms with van der Waals surface area (Å²) in [4.78, 5) is 58.9. The number of fused-ring (bicyclic) bond motifs is 1. The summed E-state index contributed by atoms with van der Waals surface area (Å²) >= 11 is 0. The molecule has 3 fully saturated rings. The van der Waals surface area contributed by atoms with Crippen molar-refractivity contribution in [2.45, 2.75) is 95.9 Å². The van der Waals surface area contributed by atoms with Crippen molar-refractivity contribution in [2.75, 3.05) is 61.3 Å². The van der Waals surface area contributed by atoms with Gasteiger partial charge in [-0.15, -0.1) is 15.3 Å². The van der Waals surface area contributed by atoms with E-state index in [1.165, 1.54) is 49.5 Å². The van der Waals surface area contributed by atoms with Gasteiger partial charge in [-0.3, -0.25) is 39.0 Å². The number of imide groups is 2. The number of hydrogen-bond donors (Lipinski definition) is 3. The first-order chi connectivity index (χ1) is 33.2. The minimum absolute atomic E-state index is 0.0516. The summed E-state index contributed by atoms with van der Waals surface area (Å²) in [5.41, 5.74) is 10.6. The molecule has 2 unspecified atom stereocenters. The maximum atomic E-state index is 13.4. The summed E-state index contributed by atoms with van der Waals surface area (Å²) < 4.78 is 14.2. The average molecular weight is 926 g/mol. The van der Waals surface area contributed by atoms with E-state index in [2.05, 4.69) is 64.8 Å². The average Bonchev–Trinajstić information content (AvgIpc) is 3.92. The highest BCUT2D eigenvalue weighted by atomic mass is 16.5. The van der Waals surface area contributed by atoms with Crippen LogP contribution in [0.15, 0.2) is 79.0 Å². The number of piperazine rings is 1. The number of nitrogens with one attached hydrogen (secondary N) is 1. The molecule has 18 heteroatoms. The summed E-state index contributed by atoms with van der Waals surface area (Å²) in [5.74, 6) is -1.17. The Kier molecular flexibility index (Phi) is 14.4. The summed E-state index contributed by atoms with van der Waals surface area (Å²) in [6, 6.07) is 21.5. The van der Waals surface area contributed by atoms with Crippen LogP contribution in [0.2, 0.25) is 0 Å². The molecule has 0 aliphatic carbocycles. The molecule has 3 saturated heterocycles. The maximum absolute atomic E-state index is 13.4. The maximum Gasteiger partial charge on any atom is 0.266 e. The van der Waals surface area contributed by atoms with Crippen LogP contribution in [0, 0.1) is 0 Å². The second-order valence-corrected chi connectivity index (χ2v) is 18.0. The number of aryl methyl sites for hydroxylation is 1. The van der Waals surface area contributed by atoms with Crippen molar-refractivity contribution in [1.29, 1.82) is 0 Å². The molecule has 4 aliphatic rings. The number of benzene rings is 3. The highest BCUT2D eigenvalue weighted by Crippen LogP contribution is 2.35. The number of rotatable bonds is 19. The number of nitrogen functional groups attached to an aromatic ring is 1. The number of carbonyl (C=O) groups is 4. The fourth-order valence-electron chi connectivity index (χ4n) is 9.62. The van der Waals surface area contributed by atoms with Crippen LogP contribution < -0.4 is 30.3 Å². The zero-order chi connectivity index (χ0) is 47.0. The number of amides is 4. The Hall–Kier alpha value is -7.08. The molecular weight excluding hydrogens is 867 g/mol. The molecule has 68 heavy (non-hydrogen) atoms. The minimum atomic E-state index is -1.04. The number of para-hydroxylation sites is 1. The monoisotopic (exact) mass is 925 g/mol. The lowest BCUT2D eigenvalue weighted by Gasteiger charge is -2.37. The van der Waals surface area contributed by atoms with Crippen molar-refractivity contribution < 1.29 is 33.8 Å². The first kappa shape index (κ1) is 46.0. The molecule has 9 rings (SSSR count). The molecule has 4 aliphatic heterocycles. The van der Waals surface area contributed by atoms with Crippen LogP contribution in [0.25, 0.3) is 11.3 Å². The number of carbonyl (C=O) groups excluding carboxylic acids is 4. The number of phenols is 1. The molecule has 4 N–H and O–H groups in total. The molecule has 2 atom stereocenters. The fourth-order valence-corrected chi connectivity index (χ4v) is 9.62. The van der Waals surface area contributed by atoms with E-state index in [1.807, 2.05) is 12.3 Å². The molecule has 3 aromatic carbocycles. The number of anilines is 3. The topological polar surface area (TPSA) is 214 Å². The smallest absolute Gasteiger partial charge is 0.266 e. The number of ether oxygens (including phenoxy) is 2. The zero-order valence-electron chi connectivity index (χ0n) is 38.3. The van der Waals surface area contributed by atoms with Gasteiger partial charge in [-0.05, 0) is 87.2 Å². The van der Waals surface area contributed by atoms with Gasteiger partial charge in [0.25, 0.3) is 11.8 Å². The summed E-state index contributed by atoms with van der Waals surface area (Å²) in [7, 11) is 0. The van der Waals surface area contributed by atoms with Crippen LogP contribution in [0.3, 0.4) is 0 Å². The number of piperidine rings is 2. The van der Waals surface area contributed by atoms with Gasteiger partial charge in [0.05, 0.1) is 23.9 Å². The molecule has 5 aromatic rings. The summed E-state index contributed by atoms with van der Waals surface area (Å²) in [6.45, 7) is 7.85. The zero-order valence-corrected chi connectivity index (χ0v) is 38.3. The first-order valence-corrected chi connectivity index (χ1v) is 24.0. The quantitative estimate of drug-likeness (QED) is 0.0679. The second kappa shape index (κ2) is 21.3. The molecule has 0 bridgehead atoms. The molecule has 6 heterocycles. The van der Waals surface area contributed by atoms with E-state index < -0.39 is 29.7 Å². The number of hydrogen-bond acceptors (Lipinski definition) is 15. The molecule has 4 amide bonds. The highest BCUT2D eigenvalue weighted by molar-refractivity contribution is 6.24. The number of aromatic nitrogens is 5. The predicted octanol–water partition coefficient (Wildman–Crippen LogP) is 5.60. The molecule has 0 radical (unpaired) electrons. The normalized spacial score (nSPS) is 18.8. The van der Waals surface area contributed by atoms with Gasteiger partial charge in [0.2, 0.25) is 11.8 Å². The van der Waals surface area contributed by atoms with Crippen molar-refractivity contribution in [1.82, 2.24) is 40.3 Å². The van der Waals surface area contributed by atoms with Gasteiger partial charge in [-0.1, -0.05) is 55.5 Å². The van der Waals surface area contributed by atoms with Crippen molar-refractivity contribution >= 4 is 40.8 Å².